The number of nitrogens with zero attached hydrogens (tertiary/aromatic N) is 1. The first kappa shape index (κ1) is 30.2. The summed E-state index contributed by atoms with van der Waals surface area (Å²) in [5, 5.41) is 1.36. The highest BCUT2D eigenvalue weighted by atomic mass is 35.5. The van der Waals surface area contributed by atoms with Gasteiger partial charge in [-0.2, -0.15) is 21.6 Å². The number of benzene rings is 3. The molecule has 0 bridgehead atoms. The van der Waals surface area contributed by atoms with E-state index in [1.165, 1.54) is 0 Å². The highest BCUT2D eigenvalue weighted by molar-refractivity contribution is 8.00. The molecule has 0 aliphatic carbocycles. The minimum Gasteiger partial charge on any atom is -0.306 e. The lowest BCUT2D eigenvalue weighted by Gasteiger charge is -2.26. The number of hydrogen-bond acceptors (Lipinski definition) is 4. The van der Waals surface area contributed by atoms with E-state index in [1.807, 2.05) is 0 Å². The predicted molar refractivity (Wildman–Crippen MR) is 131 cm³/mol. The van der Waals surface area contributed by atoms with Gasteiger partial charge in [-0.1, -0.05) is 46.6 Å². The van der Waals surface area contributed by atoms with E-state index in [0.717, 1.165) is 42.5 Å². The Bertz CT molecular complexity index is 1480. The molecular weight excluding hydrogens is 629 g/mol. The molecule has 2 N–H and O–H groups in total. The van der Waals surface area contributed by atoms with Gasteiger partial charge in [0.2, 0.25) is 0 Å². The minimum absolute atomic E-state index is 0.0594. The van der Waals surface area contributed by atoms with Crippen LogP contribution in [0.25, 0.3) is 0 Å². The Balaban J connectivity index is 2.12. The fraction of sp³-hybridized carbons (Fsp3) is 0.0952. The Labute approximate surface area is 230 Å². The second-order valence-electron chi connectivity index (χ2n) is 7.21. The number of carbonyl (C=O) groups excluding carboxylic acids is 1. The molecule has 6 nitrogen and oxygen atoms in total. The van der Waals surface area contributed by atoms with Gasteiger partial charge in [-0.3, -0.25) is 4.55 Å². The number of urea groups is 1. The van der Waals surface area contributed by atoms with Crippen molar-refractivity contribution in [1.29, 1.82) is 0 Å². The summed E-state index contributed by atoms with van der Waals surface area (Å²) in [7, 11) is -4.93. The predicted octanol–water partition coefficient (Wildman–Crippen LogP) is 8.62. The molecule has 38 heavy (non-hydrogen) atoms. The maximum atomic E-state index is 13.8. The maximum absolute atomic E-state index is 13.8. The average Bonchev–Trinajstić information content (AvgIpc) is 2.76. The van der Waals surface area contributed by atoms with Gasteiger partial charge in [0.15, 0.2) is 0 Å². The van der Waals surface area contributed by atoms with Crippen molar-refractivity contribution in [2.24, 2.45) is 0 Å². The highest BCUT2D eigenvalue weighted by Gasteiger charge is 2.43. The third-order valence-corrected chi connectivity index (χ3v) is 7.70. The Kier molecular flexibility index (Phi) is 8.75. The van der Waals surface area contributed by atoms with Crippen molar-refractivity contribution in [2.45, 2.75) is 27.2 Å². The molecule has 2 amide bonds. The number of anilines is 2. The van der Waals surface area contributed by atoms with Crippen molar-refractivity contribution in [2.75, 3.05) is 10.2 Å². The number of nitrogens with one attached hydrogen (secondary N) is 1. The van der Waals surface area contributed by atoms with Gasteiger partial charge in [0.25, 0.3) is 10.1 Å². The Morgan fingerprint density at radius 2 is 1.45 bits per heavy atom. The minimum atomic E-state index is -5.31. The zero-order chi connectivity index (χ0) is 28.6. The van der Waals surface area contributed by atoms with Gasteiger partial charge in [0, 0.05) is 14.8 Å². The molecule has 3 aromatic carbocycles. The first-order chi connectivity index (χ1) is 17.4. The molecule has 17 heteroatoms. The lowest BCUT2D eigenvalue weighted by Crippen LogP contribution is -2.45. The molecule has 0 spiro atoms. The summed E-state index contributed by atoms with van der Waals surface area (Å²) >= 11 is 17.8. The van der Waals surface area contributed by atoms with Crippen LogP contribution in [0.4, 0.5) is 42.5 Å². The first-order valence-corrected chi connectivity index (χ1v) is 13.1. The van der Waals surface area contributed by atoms with E-state index in [-0.39, 0.29) is 24.9 Å². The van der Waals surface area contributed by atoms with Crippen LogP contribution in [-0.2, 0) is 16.3 Å². The molecule has 0 fully saturated rings. The van der Waals surface area contributed by atoms with Gasteiger partial charge in [-0.25, -0.2) is 9.69 Å². The van der Waals surface area contributed by atoms with Gasteiger partial charge in [0.05, 0.1) is 27.0 Å². The Morgan fingerprint density at radius 3 is 1.97 bits per heavy atom. The number of rotatable bonds is 5. The lowest BCUT2D eigenvalue weighted by molar-refractivity contribution is -0.137. The molecule has 0 aliphatic heterocycles. The van der Waals surface area contributed by atoms with Crippen LogP contribution in [0.15, 0.2) is 69.3 Å². The lowest BCUT2D eigenvalue weighted by atomic mass is 10.2. The van der Waals surface area contributed by atoms with Crippen LogP contribution < -0.4 is 10.2 Å². The van der Waals surface area contributed by atoms with Gasteiger partial charge in [-0.05, 0) is 54.6 Å². The van der Waals surface area contributed by atoms with Crippen LogP contribution >= 0.6 is 46.6 Å². The number of hydrogen-bond donors (Lipinski definition) is 2. The molecule has 0 aliphatic rings. The van der Waals surface area contributed by atoms with Crippen molar-refractivity contribution in [1.82, 2.24) is 0 Å². The molecule has 0 atom stereocenters. The number of carbonyl (C=O) groups is 1. The Hall–Kier alpha value is -2.36. The summed E-state index contributed by atoms with van der Waals surface area (Å²) in [6.07, 6.45) is -10.3. The molecule has 0 saturated heterocycles. The monoisotopic (exact) mass is 638 g/mol. The van der Waals surface area contributed by atoms with Crippen molar-refractivity contribution in [3.63, 3.8) is 0 Å². The maximum Gasteiger partial charge on any atom is 0.493 e. The normalized spacial score (nSPS) is 12.4. The molecule has 0 saturated carbocycles. The Morgan fingerprint density at radius 1 is 0.868 bits per heavy atom. The largest absolute Gasteiger partial charge is 0.493 e. The number of amides is 2. The van der Waals surface area contributed by atoms with E-state index in [4.69, 9.17) is 34.8 Å². The zero-order valence-electron chi connectivity index (χ0n) is 18.0. The molecule has 0 radical (unpaired) electrons. The van der Waals surface area contributed by atoms with Crippen molar-refractivity contribution < 1.29 is 44.1 Å². The average molecular weight is 640 g/mol. The fourth-order valence-electron chi connectivity index (χ4n) is 2.94. The van der Waals surface area contributed by atoms with Crippen LogP contribution in [0.5, 0.6) is 0 Å². The van der Waals surface area contributed by atoms with Gasteiger partial charge >= 0.3 is 18.5 Å². The summed E-state index contributed by atoms with van der Waals surface area (Å²) in [6, 6.07) is 5.43. The first-order valence-electron chi connectivity index (χ1n) is 9.67. The van der Waals surface area contributed by atoms with Gasteiger partial charge in [0.1, 0.15) is 4.90 Å². The van der Waals surface area contributed by atoms with Crippen molar-refractivity contribution in [3.05, 3.63) is 75.2 Å². The van der Waals surface area contributed by atoms with Crippen molar-refractivity contribution >= 4 is 74.1 Å². The van der Waals surface area contributed by atoms with E-state index < -0.39 is 55.4 Å². The molecule has 0 unspecified atom stereocenters. The highest BCUT2D eigenvalue weighted by Crippen LogP contribution is 2.43. The zero-order valence-corrected chi connectivity index (χ0v) is 21.9. The number of alkyl halides is 6. The molecule has 3 aromatic rings. The molecular formula is C21H11Cl3F6N2O4S2. The smallest absolute Gasteiger partial charge is 0.306 e. The van der Waals surface area contributed by atoms with Crippen LogP contribution in [0, 0.1) is 0 Å². The van der Waals surface area contributed by atoms with Gasteiger partial charge in [-0.15, -0.1) is 13.2 Å². The molecule has 0 aromatic heterocycles. The third kappa shape index (κ3) is 7.18. The van der Waals surface area contributed by atoms with Gasteiger partial charge < -0.3 is 5.32 Å². The van der Waals surface area contributed by atoms with E-state index in [1.54, 1.807) is 5.32 Å². The van der Waals surface area contributed by atoms with Crippen LogP contribution in [0.1, 0.15) is 5.56 Å². The molecule has 0 heterocycles. The standard InChI is InChI=1S/C21H11Cl3F6N2O4S2/c22-11-2-4-12(5-3-11)32(21(28,29)30)19(33)31-15-7-10(20(25,26)27)1-6-16(15)37-17-8-13(23)14(24)9-18(17)38(34,35)36/h1-9H,(H,31,33)(H,34,35,36). The van der Waals surface area contributed by atoms with Crippen LogP contribution in [-0.4, -0.2) is 25.3 Å². The van der Waals surface area contributed by atoms with E-state index in [9.17, 15) is 44.1 Å². The number of halogens is 9. The summed E-state index contributed by atoms with van der Waals surface area (Å²) in [6.45, 7) is 0. The van der Waals surface area contributed by atoms with E-state index in [2.05, 4.69) is 0 Å². The summed E-state index contributed by atoms with van der Waals surface area (Å²) in [5.74, 6) is 0. The summed E-state index contributed by atoms with van der Waals surface area (Å²) in [4.78, 5) is 10.6. The van der Waals surface area contributed by atoms with E-state index in [0.29, 0.717) is 23.9 Å². The van der Waals surface area contributed by atoms with Crippen molar-refractivity contribution in [3.8, 4) is 0 Å². The van der Waals surface area contributed by atoms with Crippen LogP contribution in [0.3, 0.4) is 0 Å². The fourth-order valence-corrected chi connectivity index (χ4v) is 5.48. The quantitative estimate of drug-likeness (QED) is 0.166. The SMILES string of the molecule is O=C(Nc1cc(C(F)(F)F)ccc1Sc1cc(Cl)c(Cl)cc1S(=O)(=O)O)N(c1ccc(Cl)cc1)C(F)(F)F. The van der Waals surface area contributed by atoms with Crippen LogP contribution in [0.2, 0.25) is 15.1 Å². The molecule has 204 valence electrons. The second-order valence-corrected chi connectivity index (χ2v) is 10.9. The topological polar surface area (TPSA) is 86.7 Å². The summed E-state index contributed by atoms with van der Waals surface area (Å²) in [5.41, 5.74) is -2.78. The second kappa shape index (κ2) is 11.0. The third-order valence-electron chi connectivity index (χ3n) is 4.57. The summed E-state index contributed by atoms with van der Waals surface area (Å²) < 4.78 is 115. The molecule has 3 rings (SSSR count). The van der Waals surface area contributed by atoms with E-state index >= 15 is 0 Å².